The maximum atomic E-state index is 10.0. The van der Waals surface area contributed by atoms with E-state index in [1.165, 1.54) is 22.3 Å². The SMILES string of the molecule is C=C.CC.CC.OCCCn1cc(-c2ccc(C3c4ccc(O)cc4CC[C@@H]3c3ccccc3)cc2)cn1. The third kappa shape index (κ3) is 7.45. The van der Waals surface area contributed by atoms with Gasteiger partial charge in [-0.15, -0.1) is 13.2 Å². The van der Waals surface area contributed by atoms with Crippen LogP contribution in [0.5, 0.6) is 5.75 Å². The van der Waals surface area contributed by atoms with Crippen LogP contribution >= 0.6 is 0 Å². The minimum Gasteiger partial charge on any atom is -0.508 e. The molecule has 1 aliphatic carbocycles. The summed E-state index contributed by atoms with van der Waals surface area (Å²) in [4.78, 5) is 0. The highest BCUT2D eigenvalue weighted by Gasteiger charge is 2.32. The van der Waals surface area contributed by atoms with Gasteiger partial charge in [0.05, 0.1) is 6.20 Å². The highest BCUT2D eigenvalue weighted by molar-refractivity contribution is 5.62. The summed E-state index contributed by atoms with van der Waals surface area (Å²) < 4.78 is 1.88. The van der Waals surface area contributed by atoms with Crippen molar-refractivity contribution < 1.29 is 10.2 Å². The molecule has 0 saturated heterocycles. The third-order valence-electron chi connectivity index (χ3n) is 6.60. The average Bonchev–Trinajstić information content (AvgIpc) is 3.48. The number of nitrogens with zero attached hydrogens (tertiary/aromatic N) is 2. The van der Waals surface area contributed by atoms with Crippen LogP contribution in [-0.2, 0) is 13.0 Å². The molecule has 0 aliphatic heterocycles. The Morgan fingerprint density at radius 2 is 1.55 bits per heavy atom. The molecule has 4 nitrogen and oxygen atoms in total. The first kappa shape index (κ1) is 30.6. The Morgan fingerprint density at radius 3 is 2.21 bits per heavy atom. The molecule has 0 radical (unpaired) electrons. The molecule has 1 aromatic heterocycles. The second-order valence-corrected chi connectivity index (χ2v) is 8.61. The molecule has 0 saturated carbocycles. The summed E-state index contributed by atoms with van der Waals surface area (Å²) >= 11 is 0. The minimum atomic E-state index is 0.174. The lowest BCUT2D eigenvalue weighted by molar-refractivity contribution is 0.277. The van der Waals surface area contributed by atoms with Gasteiger partial charge >= 0.3 is 0 Å². The molecule has 1 heterocycles. The van der Waals surface area contributed by atoms with Crippen LogP contribution in [0.25, 0.3) is 11.1 Å². The van der Waals surface area contributed by atoms with E-state index in [2.05, 4.69) is 78.9 Å². The van der Waals surface area contributed by atoms with E-state index in [9.17, 15) is 5.11 Å². The maximum absolute atomic E-state index is 10.0. The smallest absolute Gasteiger partial charge is 0.115 e. The number of phenols is 1. The van der Waals surface area contributed by atoms with E-state index in [4.69, 9.17) is 5.11 Å². The van der Waals surface area contributed by atoms with Gasteiger partial charge in [-0.25, -0.2) is 0 Å². The van der Waals surface area contributed by atoms with Gasteiger partial charge < -0.3 is 10.2 Å². The zero-order chi connectivity index (χ0) is 27.9. The number of phenolic OH excluding ortho intramolecular Hbond substituents is 1. The van der Waals surface area contributed by atoms with Crippen molar-refractivity contribution in [1.82, 2.24) is 9.78 Å². The molecule has 5 rings (SSSR count). The molecule has 0 spiro atoms. The van der Waals surface area contributed by atoms with E-state index in [1.807, 2.05) is 56.9 Å². The first-order chi connectivity index (χ1) is 18.7. The second kappa shape index (κ2) is 16.3. The first-order valence-electron chi connectivity index (χ1n) is 13.8. The Balaban J connectivity index is 0.000000791. The number of benzene rings is 3. The van der Waals surface area contributed by atoms with E-state index >= 15 is 0 Å². The zero-order valence-electron chi connectivity index (χ0n) is 23.5. The fourth-order valence-corrected chi connectivity index (χ4v) is 5.03. The number of rotatable bonds is 6. The number of aromatic nitrogens is 2. The van der Waals surface area contributed by atoms with Gasteiger partial charge in [0.25, 0.3) is 0 Å². The predicted molar refractivity (Wildman–Crippen MR) is 161 cm³/mol. The van der Waals surface area contributed by atoms with Crippen molar-refractivity contribution in [1.29, 1.82) is 0 Å². The Hall–Kier alpha value is -3.63. The topological polar surface area (TPSA) is 58.3 Å². The summed E-state index contributed by atoms with van der Waals surface area (Å²) in [5, 5.41) is 23.5. The van der Waals surface area contributed by atoms with Crippen molar-refractivity contribution in [3.63, 3.8) is 0 Å². The summed E-state index contributed by atoms with van der Waals surface area (Å²) in [5.74, 6) is 0.998. The Morgan fingerprint density at radius 1 is 0.868 bits per heavy atom. The van der Waals surface area contributed by atoms with Gasteiger partial charge in [-0.1, -0.05) is 88.4 Å². The van der Waals surface area contributed by atoms with Crippen LogP contribution in [0, 0.1) is 0 Å². The summed E-state index contributed by atoms with van der Waals surface area (Å²) in [6.45, 7) is 14.9. The number of aliphatic hydroxyl groups excluding tert-OH is 1. The highest BCUT2D eigenvalue weighted by atomic mass is 16.3. The van der Waals surface area contributed by atoms with Gasteiger partial charge in [0.1, 0.15) is 5.75 Å². The van der Waals surface area contributed by atoms with E-state index < -0.39 is 0 Å². The molecule has 2 atom stereocenters. The van der Waals surface area contributed by atoms with Crippen LogP contribution in [0.3, 0.4) is 0 Å². The van der Waals surface area contributed by atoms with Crippen LogP contribution in [0.4, 0.5) is 0 Å². The molecular formula is C34H44N2O2. The standard InChI is InChI=1S/C28H28N2O2.2C2H6.C2H4/c31-16-4-15-30-19-24(18-29-30)20-7-9-22(10-8-20)28-26(21-5-2-1-3-6-21)13-11-23-17-25(32)12-14-27(23)28;3*1-2/h1-3,5-10,12,14,17-19,26,28,31-32H,4,11,13,15-16H2;2*1-2H3;1-2H2/t26-,28?;;;/m1.../s1. The van der Waals surface area contributed by atoms with Crippen LogP contribution in [-0.4, -0.2) is 26.6 Å². The van der Waals surface area contributed by atoms with E-state index in [1.54, 1.807) is 0 Å². The summed E-state index contributed by atoms with van der Waals surface area (Å²) in [7, 11) is 0. The fourth-order valence-electron chi connectivity index (χ4n) is 5.03. The van der Waals surface area contributed by atoms with Gasteiger partial charge in [0, 0.05) is 30.8 Å². The number of fused-ring (bicyclic) bond motifs is 1. The predicted octanol–water partition coefficient (Wildman–Crippen LogP) is 8.35. The number of aliphatic hydroxyl groups is 1. The van der Waals surface area contributed by atoms with Crippen molar-refractivity contribution in [3.05, 3.63) is 121 Å². The molecule has 1 unspecified atom stereocenters. The van der Waals surface area contributed by atoms with Crippen molar-refractivity contribution in [3.8, 4) is 16.9 Å². The van der Waals surface area contributed by atoms with E-state index in [0.29, 0.717) is 18.1 Å². The van der Waals surface area contributed by atoms with Gasteiger partial charge in [-0.3, -0.25) is 4.68 Å². The Kier molecular flexibility index (Phi) is 13.1. The summed E-state index contributed by atoms with van der Waals surface area (Å²) in [6.07, 6.45) is 6.67. The van der Waals surface area contributed by atoms with Crippen molar-refractivity contribution in [2.45, 2.75) is 65.3 Å². The lowest BCUT2D eigenvalue weighted by Gasteiger charge is -2.35. The summed E-state index contributed by atoms with van der Waals surface area (Å²) in [6, 6.07) is 25.5. The van der Waals surface area contributed by atoms with Crippen LogP contribution < -0.4 is 0 Å². The molecule has 1 aliphatic rings. The molecule has 0 amide bonds. The molecule has 4 heteroatoms. The first-order valence-corrected chi connectivity index (χ1v) is 13.8. The van der Waals surface area contributed by atoms with Gasteiger partial charge in [-0.2, -0.15) is 5.10 Å². The third-order valence-corrected chi connectivity index (χ3v) is 6.60. The molecule has 38 heavy (non-hydrogen) atoms. The minimum absolute atomic E-state index is 0.174. The second-order valence-electron chi connectivity index (χ2n) is 8.61. The fraction of sp³-hybridized carbons (Fsp3) is 0.324. The molecule has 3 aromatic carbocycles. The number of aromatic hydroxyl groups is 1. The number of aryl methyl sites for hydroxylation is 2. The molecular weight excluding hydrogens is 468 g/mol. The van der Waals surface area contributed by atoms with Crippen LogP contribution in [0.1, 0.15) is 74.6 Å². The molecule has 0 bridgehead atoms. The van der Waals surface area contributed by atoms with Crippen LogP contribution in [0.2, 0.25) is 0 Å². The monoisotopic (exact) mass is 512 g/mol. The normalized spacial score (nSPS) is 15.4. The van der Waals surface area contributed by atoms with Gasteiger partial charge in [-0.05, 0) is 65.1 Å². The maximum Gasteiger partial charge on any atom is 0.115 e. The molecule has 2 N–H and O–H groups in total. The molecule has 4 aromatic rings. The Bertz CT molecular complexity index is 1200. The van der Waals surface area contributed by atoms with Gasteiger partial charge in [0.15, 0.2) is 0 Å². The average molecular weight is 513 g/mol. The molecule has 0 fully saturated rings. The zero-order valence-corrected chi connectivity index (χ0v) is 23.5. The lowest BCUT2D eigenvalue weighted by Crippen LogP contribution is -2.20. The number of hydrogen-bond acceptors (Lipinski definition) is 3. The van der Waals surface area contributed by atoms with Crippen molar-refractivity contribution in [2.24, 2.45) is 0 Å². The van der Waals surface area contributed by atoms with E-state index in [-0.39, 0.29) is 12.5 Å². The molecule has 202 valence electrons. The highest BCUT2D eigenvalue weighted by Crippen LogP contribution is 2.47. The van der Waals surface area contributed by atoms with Crippen molar-refractivity contribution in [2.75, 3.05) is 6.61 Å². The largest absolute Gasteiger partial charge is 0.508 e. The number of hydrogen-bond donors (Lipinski definition) is 2. The summed E-state index contributed by atoms with van der Waals surface area (Å²) in [5.41, 5.74) is 7.45. The quantitative estimate of drug-likeness (QED) is 0.255. The van der Waals surface area contributed by atoms with Gasteiger partial charge in [0.2, 0.25) is 0 Å². The lowest BCUT2D eigenvalue weighted by atomic mass is 9.69. The van der Waals surface area contributed by atoms with Crippen LogP contribution in [0.15, 0.2) is 98.3 Å². The van der Waals surface area contributed by atoms with E-state index in [0.717, 1.165) is 30.5 Å². The van der Waals surface area contributed by atoms with Crippen molar-refractivity contribution >= 4 is 0 Å². The Labute approximate surface area is 229 Å².